The van der Waals surface area contributed by atoms with Crippen molar-refractivity contribution in [3.05, 3.63) is 35.4 Å². The fraction of sp³-hybridized carbons (Fsp3) is 0.556. The summed E-state index contributed by atoms with van der Waals surface area (Å²) < 4.78 is 0. The van der Waals surface area contributed by atoms with Crippen molar-refractivity contribution in [2.45, 2.75) is 40.0 Å². The lowest BCUT2D eigenvalue weighted by Crippen LogP contribution is -2.42. The molecule has 1 amide bonds. The Morgan fingerprint density at radius 3 is 2.29 bits per heavy atom. The van der Waals surface area contributed by atoms with Crippen LogP contribution in [0.1, 0.15) is 44.7 Å². The molecule has 3 nitrogen and oxygen atoms in total. The number of carbonyl (C=O) groups excluding carboxylic acids is 1. The van der Waals surface area contributed by atoms with Crippen LogP contribution in [0.5, 0.6) is 0 Å². The summed E-state index contributed by atoms with van der Waals surface area (Å²) in [6, 6.07) is 9.39. The number of hydrogen-bond acceptors (Lipinski definition) is 2. The molecule has 0 atom stereocenters. The summed E-state index contributed by atoms with van der Waals surface area (Å²) in [5.41, 5.74) is 1.96. The Kier molecular flexibility index (Phi) is 4.67. The summed E-state index contributed by atoms with van der Waals surface area (Å²) in [6.45, 7) is 8.60. The molecule has 1 fully saturated rings. The number of amides is 1. The third-order valence-corrected chi connectivity index (χ3v) is 4.51. The molecular formula is C18H24N2O. The van der Waals surface area contributed by atoms with Crippen molar-refractivity contribution >= 4 is 5.91 Å². The van der Waals surface area contributed by atoms with E-state index in [1.165, 1.54) is 0 Å². The van der Waals surface area contributed by atoms with E-state index in [1.54, 1.807) is 12.1 Å². The highest BCUT2D eigenvalue weighted by atomic mass is 16.2. The Morgan fingerprint density at radius 2 is 1.81 bits per heavy atom. The number of nitrogens with zero attached hydrogens (tertiary/aromatic N) is 2. The average molecular weight is 284 g/mol. The summed E-state index contributed by atoms with van der Waals surface area (Å²) in [5.74, 6) is 0.906. The first kappa shape index (κ1) is 15.6. The number of carbonyl (C=O) groups is 1. The van der Waals surface area contributed by atoms with Crippen LogP contribution in [0.2, 0.25) is 0 Å². The van der Waals surface area contributed by atoms with E-state index < -0.39 is 0 Å². The molecular weight excluding hydrogens is 260 g/mol. The number of piperidine rings is 1. The lowest BCUT2D eigenvalue weighted by molar-refractivity contribution is -0.132. The van der Waals surface area contributed by atoms with Gasteiger partial charge in [-0.2, -0.15) is 5.26 Å². The van der Waals surface area contributed by atoms with Crippen molar-refractivity contribution in [3.8, 4) is 6.07 Å². The SMILES string of the molecule is CC(C)(C)C1CCN(C(=O)Cc2ccc(C#N)cc2)CC1. The zero-order valence-corrected chi connectivity index (χ0v) is 13.2. The van der Waals surface area contributed by atoms with E-state index >= 15 is 0 Å². The van der Waals surface area contributed by atoms with E-state index in [0.29, 0.717) is 23.3 Å². The standard InChI is InChI=1S/C18H24N2O/c1-18(2,3)16-8-10-20(11-9-16)17(21)12-14-4-6-15(13-19)7-5-14/h4-7,16H,8-12H2,1-3H3. The van der Waals surface area contributed by atoms with Gasteiger partial charge < -0.3 is 4.90 Å². The smallest absolute Gasteiger partial charge is 0.226 e. The van der Waals surface area contributed by atoms with Crippen LogP contribution in [0, 0.1) is 22.7 Å². The third-order valence-electron chi connectivity index (χ3n) is 4.51. The average Bonchev–Trinajstić information content (AvgIpc) is 2.47. The van der Waals surface area contributed by atoms with Crippen molar-refractivity contribution in [1.82, 2.24) is 4.90 Å². The van der Waals surface area contributed by atoms with Crippen molar-refractivity contribution in [1.29, 1.82) is 5.26 Å². The summed E-state index contributed by atoms with van der Waals surface area (Å²) in [7, 11) is 0. The highest BCUT2D eigenvalue weighted by molar-refractivity contribution is 5.78. The second-order valence-corrected chi connectivity index (χ2v) is 7.01. The maximum Gasteiger partial charge on any atom is 0.226 e. The van der Waals surface area contributed by atoms with Gasteiger partial charge in [-0.3, -0.25) is 4.79 Å². The first-order valence-corrected chi connectivity index (χ1v) is 7.67. The molecule has 1 aromatic rings. The van der Waals surface area contributed by atoms with E-state index in [0.717, 1.165) is 31.5 Å². The highest BCUT2D eigenvalue weighted by Gasteiger charge is 2.30. The van der Waals surface area contributed by atoms with Crippen molar-refractivity contribution in [2.75, 3.05) is 13.1 Å². The summed E-state index contributed by atoms with van der Waals surface area (Å²) >= 11 is 0. The molecule has 0 radical (unpaired) electrons. The number of hydrogen-bond donors (Lipinski definition) is 0. The summed E-state index contributed by atoms with van der Waals surface area (Å²) in [6.07, 6.45) is 2.64. The van der Waals surface area contributed by atoms with Gasteiger partial charge in [-0.25, -0.2) is 0 Å². The molecule has 0 unspecified atom stereocenters. The number of likely N-dealkylation sites (tertiary alicyclic amines) is 1. The van der Waals surface area contributed by atoms with Gasteiger partial charge in [0.25, 0.3) is 0 Å². The first-order valence-electron chi connectivity index (χ1n) is 7.67. The lowest BCUT2D eigenvalue weighted by Gasteiger charge is -2.38. The van der Waals surface area contributed by atoms with Gasteiger partial charge in [-0.1, -0.05) is 32.9 Å². The van der Waals surface area contributed by atoms with Gasteiger partial charge in [0.2, 0.25) is 5.91 Å². The monoisotopic (exact) mass is 284 g/mol. The van der Waals surface area contributed by atoms with Gasteiger partial charge in [-0.05, 0) is 41.9 Å². The van der Waals surface area contributed by atoms with Gasteiger partial charge in [0, 0.05) is 13.1 Å². The van der Waals surface area contributed by atoms with Crippen LogP contribution in [0.25, 0.3) is 0 Å². The zero-order chi connectivity index (χ0) is 15.5. The van der Waals surface area contributed by atoms with Gasteiger partial charge in [0.05, 0.1) is 18.1 Å². The quantitative estimate of drug-likeness (QED) is 0.835. The fourth-order valence-electron chi connectivity index (χ4n) is 2.98. The molecule has 0 saturated carbocycles. The minimum atomic E-state index is 0.201. The molecule has 0 N–H and O–H groups in total. The molecule has 0 aliphatic carbocycles. The molecule has 3 heteroatoms. The lowest BCUT2D eigenvalue weighted by atomic mass is 9.75. The van der Waals surface area contributed by atoms with Crippen molar-refractivity contribution in [2.24, 2.45) is 11.3 Å². The minimum absolute atomic E-state index is 0.201. The second-order valence-electron chi connectivity index (χ2n) is 7.01. The predicted octanol–water partition coefficient (Wildman–Crippen LogP) is 3.39. The zero-order valence-electron chi connectivity index (χ0n) is 13.2. The molecule has 21 heavy (non-hydrogen) atoms. The number of benzene rings is 1. The largest absolute Gasteiger partial charge is 0.342 e. The summed E-state index contributed by atoms with van der Waals surface area (Å²) in [4.78, 5) is 14.3. The summed E-state index contributed by atoms with van der Waals surface area (Å²) in [5, 5.41) is 8.78. The van der Waals surface area contributed by atoms with Gasteiger partial charge in [0.15, 0.2) is 0 Å². The van der Waals surface area contributed by atoms with E-state index in [2.05, 4.69) is 26.8 Å². The molecule has 1 aliphatic heterocycles. The first-order chi connectivity index (χ1) is 9.90. The van der Waals surface area contributed by atoms with E-state index in [-0.39, 0.29) is 5.91 Å². The van der Waals surface area contributed by atoms with Crippen LogP contribution in [-0.4, -0.2) is 23.9 Å². The van der Waals surface area contributed by atoms with Crippen LogP contribution in [0.15, 0.2) is 24.3 Å². The Balaban J connectivity index is 1.89. The number of rotatable bonds is 2. The second kappa shape index (κ2) is 6.30. The van der Waals surface area contributed by atoms with Gasteiger partial charge in [-0.15, -0.1) is 0 Å². The molecule has 2 rings (SSSR count). The normalized spacial score (nSPS) is 16.6. The molecule has 1 aliphatic rings. The number of nitriles is 1. The van der Waals surface area contributed by atoms with E-state index in [1.807, 2.05) is 17.0 Å². The molecule has 1 saturated heterocycles. The van der Waals surface area contributed by atoms with E-state index in [9.17, 15) is 4.79 Å². The maximum atomic E-state index is 12.3. The molecule has 1 heterocycles. The van der Waals surface area contributed by atoms with Crippen LogP contribution in [0.4, 0.5) is 0 Å². The Bertz CT molecular complexity index is 526. The highest BCUT2D eigenvalue weighted by Crippen LogP contribution is 2.34. The fourth-order valence-corrected chi connectivity index (χ4v) is 2.98. The Hall–Kier alpha value is -1.82. The van der Waals surface area contributed by atoms with Crippen molar-refractivity contribution < 1.29 is 4.79 Å². The molecule has 1 aromatic carbocycles. The Labute approximate surface area is 127 Å². The minimum Gasteiger partial charge on any atom is -0.342 e. The van der Waals surface area contributed by atoms with Crippen molar-refractivity contribution in [3.63, 3.8) is 0 Å². The Morgan fingerprint density at radius 1 is 1.24 bits per heavy atom. The topological polar surface area (TPSA) is 44.1 Å². The molecule has 0 aromatic heterocycles. The maximum absolute atomic E-state index is 12.3. The van der Waals surface area contributed by atoms with E-state index in [4.69, 9.17) is 5.26 Å². The molecule has 0 bridgehead atoms. The van der Waals surface area contributed by atoms with Gasteiger partial charge in [0.1, 0.15) is 0 Å². The van der Waals surface area contributed by atoms with Crippen LogP contribution >= 0.6 is 0 Å². The third kappa shape index (κ3) is 4.07. The van der Waals surface area contributed by atoms with Crippen LogP contribution in [0.3, 0.4) is 0 Å². The van der Waals surface area contributed by atoms with Gasteiger partial charge >= 0.3 is 0 Å². The molecule has 0 spiro atoms. The van der Waals surface area contributed by atoms with Crippen LogP contribution < -0.4 is 0 Å². The van der Waals surface area contributed by atoms with Crippen LogP contribution in [-0.2, 0) is 11.2 Å². The predicted molar refractivity (Wildman–Crippen MR) is 83.6 cm³/mol. The molecule has 112 valence electrons.